The lowest BCUT2D eigenvalue weighted by atomic mass is 9.80. The number of anilines is 1. The van der Waals surface area contributed by atoms with E-state index >= 15 is 0 Å². The number of rotatable bonds is 7. The molecule has 0 aliphatic carbocycles. The Morgan fingerprint density at radius 3 is 2.35 bits per heavy atom. The molecule has 0 amide bonds. The highest BCUT2D eigenvalue weighted by atomic mass is 35.5. The summed E-state index contributed by atoms with van der Waals surface area (Å²) in [6.07, 6.45) is -3.51. The highest BCUT2D eigenvalue weighted by Gasteiger charge is 2.40. The second-order valence-corrected chi connectivity index (χ2v) is 9.79. The summed E-state index contributed by atoms with van der Waals surface area (Å²) in [4.78, 5) is 22.4. The van der Waals surface area contributed by atoms with Crippen LogP contribution in [0.2, 0.25) is 10.0 Å². The lowest BCUT2D eigenvalue weighted by Gasteiger charge is -2.35. The first-order chi connectivity index (χ1) is 18.9. The summed E-state index contributed by atoms with van der Waals surface area (Å²) in [6.45, 7) is 0. The van der Waals surface area contributed by atoms with Crippen molar-refractivity contribution in [3.63, 3.8) is 0 Å². The molecule has 5 rings (SSSR count). The van der Waals surface area contributed by atoms with Crippen molar-refractivity contribution in [2.75, 3.05) is 5.32 Å². The number of benzene rings is 3. The third-order valence-electron chi connectivity index (χ3n) is 6.27. The minimum absolute atomic E-state index is 0.00116. The van der Waals surface area contributed by atoms with E-state index in [-0.39, 0.29) is 50.4 Å². The number of pyridine rings is 1. The number of alkyl halides is 3. The van der Waals surface area contributed by atoms with Crippen LogP contribution in [-0.2, 0) is 18.1 Å². The van der Waals surface area contributed by atoms with Gasteiger partial charge in [0, 0.05) is 18.7 Å². The molecule has 0 bridgehead atoms. The average molecular weight is 590 g/mol. The van der Waals surface area contributed by atoms with Crippen LogP contribution in [0.15, 0.2) is 79.0 Å². The number of nitro groups is 1. The zero-order valence-corrected chi connectivity index (χ0v) is 21.7. The SMILES string of the molecule is O=[N+]([O-])c1cc2[nH]c(N[C@](Cc3ccccc3)(c3cc(F)cc(C(F)(F)F)c3)c3ccc(Cl)cn3)nc2cc1Cl. The fourth-order valence-electron chi connectivity index (χ4n) is 4.47. The molecule has 2 aromatic heterocycles. The van der Waals surface area contributed by atoms with Gasteiger partial charge in [-0.1, -0.05) is 53.5 Å². The van der Waals surface area contributed by atoms with Gasteiger partial charge < -0.3 is 10.3 Å². The highest BCUT2D eigenvalue weighted by Crippen LogP contribution is 2.40. The van der Waals surface area contributed by atoms with Crippen LogP contribution in [0.1, 0.15) is 22.4 Å². The van der Waals surface area contributed by atoms with Crippen molar-refractivity contribution in [2.45, 2.75) is 18.1 Å². The molecule has 2 heterocycles. The first-order valence-electron chi connectivity index (χ1n) is 11.6. The molecule has 0 saturated carbocycles. The van der Waals surface area contributed by atoms with Crippen molar-refractivity contribution in [1.29, 1.82) is 0 Å². The first kappa shape index (κ1) is 27.4. The Bertz CT molecular complexity index is 1710. The topological polar surface area (TPSA) is 96.7 Å². The summed E-state index contributed by atoms with van der Waals surface area (Å²) in [5, 5.41) is 14.6. The largest absolute Gasteiger partial charge is 0.416 e. The summed E-state index contributed by atoms with van der Waals surface area (Å²) in [5.74, 6) is -1.08. The predicted octanol–water partition coefficient (Wildman–Crippen LogP) is 7.93. The third-order valence-corrected chi connectivity index (χ3v) is 6.80. The number of aromatic amines is 1. The molecule has 7 nitrogen and oxygen atoms in total. The molecule has 0 unspecified atom stereocenters. The number of hydrogen-bond acceptors (Lipinski definition) is 5. The van der Waals surface area contributed by atoms with Gasteiger partial charge in [-0.05, 0) is 47.5 Å². The molecule has 204 valence electrons. The second kappa shape index (κ2) is 10.4. The lowest BCUT2D eigenvalue weighted by Crippen LogP contribution is -2.40. The van der Waals surface area contributed by atoms with Gasteiger partial charge in [-0.2, -0.15) is 13.2 Å². The minimum Gasteiger partial charge on any atom is -0.340 e. The number of aromatic nitrogens is 3. The van der Waals surface area contributed by atoms with Crippen molar-refractivity contribution in [1.82, 2.24) is 15.0 Å². The Kier molecular flexibility index (Phi) is 7.11. The quantitative estimate of drug-likeness (QED) is 0.114. The van der Waals surface area contributed by atoms with Gasteiger partial charge in [0.1, 0.15) is 16.4 Å². The highest BCUT2D eigenvalue weighted by molar-refractivity contribution is 6.33. The molecular formula is C27H17Cl2F4N5O2. The molecule has 5 aromatic rings. The Balaban J connectivity index is 1.77. The van der Waals surface area contributed by atoms with Crippen molar-refractivity contribution in [3.8, 4) is 0 Å². The number of fused-ring (bicyclic) bond motifs is 1. The summed E-state index contributed by atoms with van der Waals surface area (Å²) in [5.41, 5.74) is -1.89. The van der Waals surface area contributed by atoms with Crippen LogP contribution in [0.25, 0.3) is 11.0 Å². The van der Waals surface area contributed by atoms with Gasteiger partial charge in [0.15, 0.2) is 0 Å². The van der Waals surface area contributed by atoms with Crippen LogP contribution >= 0.6 is 23.2 Å². The van der Waals surface area contributed by atoms with Gasteiger partial charge in [0.05, 0.1) is 32.2 Å². The average Bonchev–Trinajstić information content (AvgIpc) is 3.28. The molecular weight excluding hydrogens is 573 g/mol. The van der Waals surface area contributed by atoms with E-state index in [1.54, 1.807) is 30.3 Å². The van der Waals surface area contributed by atoms with Gasteiger partial charge in [-0.15, -0.1) is 0 Å². The second-order valence-electron chi connectivity index (χ2n) is 8.94. The Labute approximate surface area is 233 Å². The maximum absolute atomic E-state index is 14.8. The fraction of sp³-hybridized carbons (Fsp3) is 0.111. The van der Waals surface area contributed by atoms with E-state index in [2.05, 4.69) is 20.3 Å². The molecule has 13 heteroatoms. The molecule has 0 spiro atoms. The molecule has 0 fully saturated rings. The van der Waals surface area contributed by atoms with Crippen molar-refractivity contribution >= 4 is 45.9 Å². The minimum atomic E-state index is -4.84. The molecule has 1 atom stereocenters. The Morgan fingerprint density at radius 1 is 0.975 bits per heavy atom. The van der Waals surface area contributed by atoms with Gasteiger partial charge >= 0.3 is 6.18 Å². The molecule has 40 heavy (non-hydrogen) atoms. The number of imidazole rings is 1. The molecule has 3 aromatic carbocycles. The summed E-state index contributed by atoms with van der Waals surface area (Å²) in [6, 6.07) is 16.6. The Hall–Kier alpha value is -4.22. The van der Waals surface area contributed by atoms with Gasteiger partial charge in [-0.3, -0.25) is 15.1 Å². The lowest BCUT2D eigenvalue weighted by molar-refractivity contribution is -0.384. The smallest absolute Gasteiger partial charge is 0.340 e. The van der Waals surface area contributed by atoms with E-state index in [0.29, 0.717) is 11.6 Å². The maximum Gasteiger partial charge on any atom is 0.416 e. The summed E-state index contributed by atoms with van der Waals surface area (Å²) in [7, 11) is 0. The maximum atomic E-state index is 14.8. The van der Waals surface area contributed by atoms with E-state index in [0.717, 1.165) is 12.1 Å². The van der Waals surface area contributed by atoms with Crippen LogP contribution in [0, 0.1) is 15.9 Å². The van der Waals surface area contributed by atoms with E-state index in [9.17, 15) is 27.7 Å². The van der Waals surface area contributed by atoms with Crippen LogP contribution in [-0.4, -0.2) is 19.9 Å². The van der Waals surface area contributed by atoms with Gasteiger partial charge in [0.25, 0.3) is 5.69 Å². The molecule has 0 aliphatic rings. The monoisotopic (exact) mass is 589 g/mol. The molecule has 0 saturated heterocycles. The fourth-order valence-corrected chi connectivity index (χ4v) is 4.81. The first-order valence-corrected chi connectivity index (χ1v) is 12.4. The third kappa shape index (κ3) is 5.43. The van der Waals surface area contributed by atoms with Crippen molar-refractivity contribution in [3.05, 3.63) is 127 Å². The van der Waals surface area contributed by atoms with Gasteiger partial charge in [0.2, 0.25) is 5.95 Å². The molecule has 0 radical (unpaired) electrons. The number of nitro benzene ring substituents is 1. The summed E-state index contributed by atoms with van der Waals surface area (Å²) >= 11 is 12.1. The molecule has 2 N–H and O–H groups in total. The summed E-state index contributed by atoms with van der Waals surface area (Å²) < 4.78 is 56.3. The van der Waals surface area contributed by atoms with E-state index < -0.39 is 28.0 Å². The number of nitrogens with zero attached hydrogens (tertiary/aromatic N) is 3. The molecule has 0 aliphatic heterocycles. The number of H-pyrrole nitrogens is 1. The van der Waals surface area contributed by atoms with Crippen LogP contribution in [0.5, 0.6) is 0 Å². The van der Waals surface area contributed by atoms with E-state index in [1.165, 1.54) is 30.5 Å². The van der Waals surface area contributed by atoms with Crippen LogP contribution < -0.4 is 5.32 Å². The van der Waals surface area contributed by atoms with E-state index in [4.69, 9.17) is 23.2 Å². The number of nitrogens with one attached hydrogen (secondary N) is 2. The van der Waals surface area contributed by atoms with Crippen molar-refractivity contribution in [2.24, 2.45) is 0 Å². The van der Waals surface area contributed by atoms with Crippen LogP contribution in [0.3, 0.4) is 0 Å². The van der Waals surface area contributed by atoms with Crippen LogP contribution in [0.4, 0.5) is 29.2 Å². The van der Waals surface area contributed by atoms with Crippen molar-refractivity contribution < 1.29 is 22.5 Å². The normalized spacial score (nSPS) is 13.2. The van der Waals surface area contributed by atoms with E-state index in [1.807, 2.05) is 0 Å². The number of hydrogen-bond donors (Lipinski definition) is 2. The zero-order chi connectivity index (χ0) is 28.7. The predicted molar refractivity (Wildman–Crippen MR) is 143 cm³/mol. The van der Waals surface area contributed by atoms with Gasteiger partial charge in [-0.25, -0.2) is 9.37 Å². The zero-order valence-electron chi connectivity index (χ0n) is 20.1. The number of halogens is 6. The Morgan fingerprint density at radius 2 is 1.70 bits per heavy atom. The standard InChI is InChI=1S/C27H17Cl2F4N5O2/c28-18-6-7-24(34-14-18)26(13-15-4-2-1-3-5-15,16-8-17(27(31,32)33)10-19(30)9-16)37-25-35-21-11-20(29)23(38(39)40)12-22(21)36-25/h1-12,14H,13H2,(H2,35,36,37)/t26-/m1/s1.